The van der Waals surface area contributed by atoms with Gasteiger partial charge >= 0.3 is 12.4 Å². The fourth-order valence-corrected chi connectivity index (χ4v) is 4.57. The van der Waals surface area contributed by atoms with Gasteiger partial charge in [-0.05, 0) is 53.1 Å². The number of hydrogen-bond donors (Lipinski definition) is 0. The number of fused-ring (bicyclic) bond motifs is 1. The molecule has 3 nitrogen and oxygen atoms in total. The Labute approximate surface area is 216 Å². The van der Waals surface area contributed by atoms with Crippen molar-refractivity contribution in [3.8, 4) is 0 Å². The Bertz CT molecular complexity index is 1360. The summed E-state index contributed by atoms with van der Waals surface area (Å²) in [6.07, 6.45) is -8.06. The van der Waals surface area contributed by atoms with Crippen molar-refractivity contribution >= 4 is 41.1 Å². The Hall–Kier alpha value is -3.30. The van der Waals surface area contributed by atoms with E-state index in [1.54, 1.807) is 0 Å². The summed E-state index contributed by atoms with van der Waals surface area (Å²) in [4.78, 5) is 25.9. The molecule has 192 valence electrons. The first-order valence-electron chi connectivity index (χ1n) is 10.6. The number of amides is 2. The SMILES string of the molecule is O=C1c2ccccc2C(=O)N1Cc1ccc(C=CC(c2cc(Cl)cc(Cl)c2)C(F)(F)F)cc1C(F)(F)F. The summed E-state index contributed by atoms with van der Waals surface area (Å²) in [6, 6.07) is 12.1. The van der Waals surface area contributed by atoms with Gasteiger partial charge < -0.3 is 0 Å². The lowest BCUT2D eigenvalue weighted by Crippen LogP contribution is -2.30. The molecular weight excluding hydrogens is 543 g/mol. The highest BCUT2D eigenvalue weighted by molar-refractivity contribution is 6.34. The second kappa shape index (κ2) is 9.87. The molecule has 0 aliphatic carbocycles. The monoisotopic (exact) mass is 557 g/mol. The van der Waals surface area contributed by atoms with Gasteiger partial charge in [0.15, 0.2) is 0 Å². The fraction of sp³-hybridized carbons (Fsp3) is 0.154. The first-order chi connectivity index (χ1) is 17.3. The van der Waals surface area contributed by atoms with Gasteiger partial charge in [-0.25, -0.2) is 0 Å². The van der Waals surface area contributed by atoms with Crippen LogP contribution in [0.15, 0.2) is 66.7 Å². The summed E-state index contributed by atoms with van der Waals surface area (Å²) in [5.41, 5.74) is -1.84. The van der Waals surface area contributed by atoms with Crippen LogP contribution < -0.4 is 0 Å². The van der Waals surface area contributed by atoms with E-state index in [0.717, 1.165) is 24.3 Å². The van der Waals surface area contributed by atoms with Gasteiger partial charge in [-0.3, -0.25) is 14.5 Å². The van der Waals surface area contributed by atoms with Gasteiger partial charge in [0.1, 0.15) is 0 Å². The minimum atomic E-state index is -4.90. The molecule has 3 aromatic carbocycles. The van der Waals surface area contributed by atoms with Gasteiger partial charge in [-0.1, -0.05) is 59.6 Å². The van der Waals surface area contributed by atoms with Crippen LogP contribution in [0.4, 0.5) is 26.3 Å². The summed E-state index contributed by atoms with van der Waals surface area (Å²) in [5.74, 6) is -3.65. The third-order valence-electron chi connectivity index (χ3n) is 5.72. The lowest BCUT2D eigenvalue weighted by Gasteiger charge is -2.19. The molecule has 11 heteroatoms. The normalized spacial score (nSPS) is 15.0. The van der Waals surface area contributed by atoms with E-state index in [0.29, 0.717) is 17.0 Å². The van der Waals surface area contributed by atoms with Crippen molar-refractivity contribution in [3.05, 3.63) is 110 Å². The highest BCUT2D eigenvalue weighted by Gasteiger charge is 2.40. The van der Waals surface area contributed by atoms with Crippen LogP contribution in [0.5, 0.6) is 0 Å². The van der Waals surface area contributed by atoms with Gasteiger partial charge in [-0.2, -0.15) is 26.3 Å². The van der Waals surface area contributed by atoms with Crippen LogP contribution in [0.1, 0.15) is 48.9 Å². The summed E-state index contributed by atoms with van der Waals surface area (Å²) < 4.78 is 82.8. The van der Waals surface area contributed by atoms with Gasteiger partial charge in [0, 0.05) is 10.0 Å². The molecule has 37 heavy (non-hydrogen) atoms. The second-order valence-electron chi connectivity index (χ2n) is 8.24. The first kappa shape index (κ1) is 26.8. The molecule has 0 bridgehead atoms. The maximum Gasteiger partial charge on any atom is 0.416 e. The van der Waals surface area contributed by atoms with Crippen molar-refractivity contribution in [1.29, 1.82) is 0 Å². The number of imide groups is 1. The number of nitrogens with zero attached hydrogens (tertiary/aromatic N) is 1. The quantitative estimate of drug-likeness (QED) is 0.234. The smallest absolute Gasteiger partial charge is 0.270 e. The molecule has 0 saturated carbocycles. The first-order valence-corrected chi connectivity index (χ1v) is 11.4. The zero-order chi connectivity index (χ0) is 27.1. The predicted octanol–water partition coefficient (Wildman–Crippen LogP) is 8.17. The molecule has 0 N–H and O–H groups in total. The van der Waals surface area contributed by atoms with Crippen molar-refractivity contribution in [2.24, 2.45) is 0 Å². The Kier molecular flexibility index (Phi) is 7.14. The molecule has 1 heterocycles. The number of carbonyl (C=O) groups excluding carboxylic acids is 2. The summed E-state index contributed by atoms with van der Waals surface area (Å²) >= 11 is 11.6. The van der Waals surface area contributed by atoms with Gasteiger partial charge in [0.2, 0.25) is 0 Å². The number of alkyl halides is 6. The van der Waals surface area contributed by atoms with Crippen molar-refractivity contribution in [1.82, 2.24) is 4.90 Å². The molecule has 0 fully saturated rings. The molecule has 2 amide bonds. The highest BCUT2D eigenvalue weighted by Crippen LogP contribution is 2.39. The number of halogens is 8. The lowest BCUT2D eigenvalue weighted by atomic mass is 9.96. The van der Waals surface area contributed by atoms with E-state index in [4.69, 9.17) is 23.2 Å². The second-order valence-corrected chi connectivity index (χ2v) is 9.11. The predicted molar refractivity (Wildman–Crippen MR) is 126 cm³/mol. The van der Waals surface area contributed by atoms with Gasteiger partial charge in [-0.15, -0.1) is 0 Å². The molecule has 3 aromatic rings. The summed E-state index contributed by atoms with van der Waals surface area (Å²) in [5, 5.41) is -0.0518. The van der Waals surface area contributed by atoms with Crippen LogP contribution in [0, 0.1) is 0 Å². The third-order valence-corrected chi connectivity index (χ3v) is 6.16. The number of hydrogen-bond acceptors (Lipinski definition) is 2. The number of carbonyl (C=O) groups is 2. The standard InChI is InChI=1S/C26H15Cl2F6NO2/c27-17-10-16(11-18(28)12-17)21(25(29,30)31)8-6-14-5-7-15(22(9-14)26(32,33)34)13-35-23(36)19-3-1-2-4-20(19)24(35)37/h1-12,21H,13H2. The highest BCUT2D eigenvalue weighted by atomic mass is 35.5. The summed E-state index contributed by atoms with van der Waals surface area (Å²) in [6.45, 7) is -0.655. The molecule has 4 rings (SSSR count). The molecule has 0 spiro atoms. The number of allylic oxidation sites excluding steroid dienone is 1. The molecular formula is C26H15Cl2F6NO2. The van der Waals surface area contributed by atoms with E-state index in [9.17, 15) is 35.9 Å². The minimum Gasteiger partial charge on any atom is -0.270 e. The maximum absolute atomic E-state index is 13.9. The minimum absolute atomic E-state index is 0.0259. The van der Waals surface area contributed by atoms with Crippen molar-refractivity contribution < 1.29 is 35.9 Å². The maximum atomic E-state index is 13.9. The molecule has 1 atom stereocenters. The van der Waals surface area contributed by atoms with Crippen LogP contribution in [0.25, 0.3) is 6.08 Å². The van der Waals surface area contributed by atoms with Crippen LogP contribution in [-0.2, 0) is 12.7 Å². The van der Waals surface area contributed by atoms with E-state index < -0.39 is 42.2 Å². The van der Waals surface area contributed by atoms with E-state index in [1.165, 1.54) is 36.4 Å². The topological polar surface area (TPSA) is 37.4 Å². The molecule has 1 aliphatic heterocycles. The molecule has 0 aromatic heterocycles. The largest absolute Gasteiger partial charge is 0.416 e. The van der Waals surface area contributed by atoms with Crippen LogP contribution in [0.2, 0.25) is 10.0 Å². The van der Waals surface area contributed by atoms with Crippen LogP contribution >= 0.6 is 23.2 Å². The van der Waals surface area contributed by atoms with E-state index in [2.05, 4.69) is 0 Å². The van der Waals surface area contributed by atoms with E-state index in [1.807, 2.05) is 0 Å². The van der Waals surface area contributed by atoms with E-state index in [-0.39, 0.29) is 37.9 Å². The molecule has 0 radical (unpaired) electrons. The fourth-order valence-electron chi connectivity index (χ4n) is 4.02. The Morgan fingerprint density at radius 1 is 0.811 bits per heavy atom. The van der Waals surface area contributed by atoms with Crippen molar-refractivity contribution in [2.45, 2.75) is 24.8 Å². The average molecular weight is 558 g/mol. The average Bonchev–Trinajstić information content (AvgIpc) is 3.03. The van der Waals surface area contributed by atoms with E-state index >= 15 is 0 Å². The number of benzene rings is 3. The lowest BCUT2D eigenvalue weighted by molar-refractivity contribution is -0.140. The molecule has 1 aliphatic rings. The third kappa shape index (κ3) is 5.67. The van der Waals surface area contributed by atoms with Gasteiger partial charge in [0.05, 0.1) is 29.2 Å². The Balaban J connectivity index is 1.67. The zero-order valence-corrected chi connectivity index (χ0v) is 20.0. The van der Waals surface area contributed by atoms with Crippen LogP contribution in [0.3, 0.4) is 0 Å². The van der Waals surface area contributed by atoms with Crippen molar-refractivity contribution in [2.75, 3.05) is 0 Å². The van der Waals surface area contributed by atoms with Crippen molar-refractivity contribution in [3.63, 3.8) is 0 Å². The van der Waals surface area contributed by atoms with Crippen LogP contribution in [-0.4, -0.2) is 22.9 Å². The number of rotatable bonds is 5. The molecule has 1 unspecified atom stereocenters. The Morgan fingerprint density at radius 3 is 1.89 bits per heavy atom. The zero-order valence-electron chi connectivity index (χ0n) is 18.5. The summed E-state index contributed by atoms with van der Waals surface area (Å²) in [7, 11) is 0. The molecule has 0 saturated heterocycles. The van der Waals surface area contributed by atoms with Gasteiger partial charge in [0.25, 0.3) is 11.8 Å². The Morgan fingerprint density at radius 2 is 1.38 bits per heavy atom.